The van der Waals surface area contributed by atoms with Gasteiger partial charge in [-0.1, -0.05) is 13.8 Å². The fraction of sp³-hybridized carbons (Fsp3) is 0.613. The van der Waals surface area contributed by atoms with E-state index in [4.69, 9.17) is 4.74 Å². The Balaban J connectivity index is 1.52. The summed E-state index contributed by atoms with van der Waals surface area (Å²) < 4.78 is 88.4. The number of benzene rings is 1. The molecule has 4 amide bonds. The average Bonchev–Trinajstić information content (AvgIpc) is 3.65. The number of hydrogen-bond acceptors (Lipinski definition) is 7. The van der Waals surface area contributed by atoms with Gasteiger partial charge in [0.2, 0.25) is 23.5 Å². The van der Waals surface area contributed by atoms with Crippen LogP contribution in [0.4, 0.5) is 31.1 Å². The van der Waals surface area contributed by atoms with E-state index in [1.165, 1.54) is 9.80 Å². The van der Waals surface area contributed by atoms with Crippen molar-refractivity contribution < 1.29 is 50.3 Å². The molecule has 0 aliphatic carbocycles. The number of ether oxygens (including phenoxy) is 1. The summed E-state index contributed by atoms with van der Waals surface area (Å²) in [5, 5.41) is 11.9. The number of carbonyl (C=O) groups excluding carboxylic acids is 4. The molecular formula is C31H39F6N7O5. The Labute approximate surface area is 278 Å². The molecule has 2 aliphatic rings. The fourth-order valence-electron chi connectivity index (χ4n) is 5.81. The van der Waals surface area contributed by atoms with Crippen LogP contribution >= 0.6 is 0 Å². The van der Waals surface area contributed by atoms with E-state index in [0.717, 1.165) is 4.57 Å². The molecule has 0 spiro atoms. The summed E-state index contributed by atoms with van der Waals surface area (Å²) in [5.41, 5.74) is -1.17. The number of hydrogen-bond donors (Lipinski definition) is 2. The molecule has 270 valence electrons. The maximum atomic E-state index is 14.7. The van der Waals surface area contributed by atoms with Gasteiger partial charge in [-0.15, -0.1) is 10.2 Å². The van der Waals surface area contributed by atoms with Crippen molar-refractivity contribution in [2.24, 2.45) is 5.92 Å². The molecule has 4 rings (SSSR count). The van der Waals surface area contributed by atoms with Gasteiger partial charge < -0.3 is 29.7 Å². The second kappa shape index (κ2) is 14.6. The summed E-state index contributed by atoms with van der Waals surface area (Å²) in [4.78, 5) is 55.7. The Hall–Kier alpha value is -4.38. The van der Waals surface area contributed by atoms with Crippen molar-refractivity contribution in [1.82, 2.24) is 35.2 Å². The molecule has 1 aromatic carbocycles. The van der Waals surface area contributed by atoms with E-state index in [-0.39, 0.29) is 44.0 Å². The SMILES string of the molecule is CC(C)C(NC(=O)OC(C)(C)C)C(=O)N1CCCC1C(=O)NC(CC(=O)N1CCn2c(nnc2C(F)(F)F)C1)Cc1cc(F)c(F)cc1F. The van der Waals surface area contributed by atoms with E-state index in [1.807, 2.05) is 0 Å². The number of alkyl carbamates (subject to hydrolysis) is 1. The third-order valence-corrected chi connectivity index (χ3v) is 8.13. The van der Waals surface area contributed by atoms with Gasteiger partial charge >= 0.3 is 12.3 Å². The van der Waals surface area contributed by atoms with Crippen LogP contribution in [0.25, 0.3) is 0 Å². The maximum Gasteiger partial charge on any atom is 0.451 e. The van der Waals surface area contributed by atoms with Crippen molar-refractivity contribution in [3.05, 3.63) is 46.8 Å². The van der Waals surface area contributed by atoms with Crippen molar-refractivity contribution in [1.29, 1.82) is 0 Å². The lowest BCUT2D eigenvalue weighted by Gasteiger charge is -2.32. The van der Waals surface area contributed by atoms with Crippen LogP contribution in [0.5, 0.6) is 0 Å². The lowest BCUT2D eigenvalue weighted by molar-refractivity contribution is -0.148. The highest BCUT2D eigenvalue weighted by atomic mass is 19.4. The number of carbonyl (C=O) groups is 4. The Morgan fingerprint density at radius 2 is 1.63 bits per heavy atom. The molecular weight excluding hydrogens is 664 g/mol. The number of alkyl halides is 3. The lowest BCUT2D eigenvalue weighted by Crippen LogP contribution is -2.56. The molecule has 1 fully saturated rings. The van der Waals surface area contributed by atoms with Crippen molar-refractivity contribution in [2.75, 3.05) is 13.1 Å². The number of nitrogens with zero attached hydrogens (tertiary/aromatic N) is 5. The maximum absolute atomic E-state index is 14.7. The molecule has 3 heterocycles. The van der Waals surface area contributed by atoms with Gasteiger partial charge in [-0.2, -0.15) is 13.2 Å². The summed E-state index contributed by atoms with van der Waals surface area (Å²) in [5.74, 6) is -7.52. The zero-order chi connectivity index (χ0) is 36.4. The van der Waals surface area contributed by atoms with Crippen molar-refractivity contribution in [2.45, 2.75) is 103 Å². The Kier molecular flexibility index (Phi) is 11.2. The van der Waals surface area contributed by atoms with Gasteiger partial charge in [0.25, 0.3) is 0 Å². The van der Waals surface area contributed by atoms with E-state index in [9.17, 15) is 45.5 Å². The van der Waals surface area contributed by atoms with E-state index in [1.54, 1.807) is 34.6 Å². The van der Waals surface area contributed by atoms with Crippen LogP contribution in [0, 0.1) is 23.4 Å². The number of halogens is 6. The molecule has 0 bridgehead atoms. The number of aromatic nitrogens is 3. The number of rotatable bonds is 9. The molecule has 1 saturated heterocycles. The minimum Gasteiger partial charge on any atom is -0.444 e. The van der Waals surface area contributed by atoms with Gasteiger partial charge in [0.05, 0.1) is 6.54 Å². The Morgan fingerprint density at radius 3 is 2.27 bits per heavy atom. The van der Waals surface area contributed by atoms with Gasteiger partial charge in [-0.25, -0.2) is 18.0 Å². The highest BCUT2D eigenvalue weighted by Gasteiger charge is 2.42. The minimum absolute atomic E-state index is 0.112. The Morgan fingerprint density at radius 1 is 0.959 bits per heavy atom. The summed E-state index contributed by atoms with van der Waals surface area (Å²) in [6, 6.07) is -2.35. The van der Waals surface area contributed by atoms with Gasteiger partial charge in [0.1, 0.15) is 23.5 Å². The number of amides is 4. The first-order valence-electron chi connectivity index (χ1n) is 15.8. The van der Waals surface area contributed by atoms with Gasteiger partial charge in [0, 0.05) is 38.2 Å². The predicted molar refractivity (Wildman–Crippen MR) is 160 cm³/mol. The molecule has 0 radical (unpaired) electrons. The number of nitrogens with one attached hydrogen (secondary N) is 2. The first-order chi connectivity index (χ1) is 22.7. The minimum atomic E-state index is -4.75. The third kappa shape index (κ3) is 9.20. The molecule has 18 heteroatoms. The van der Waals surface area contributed by atoms with Crippen molar-refractivity contribution in [3.63, 3.8) is 0 Å². The zero-order valence-electron chi connectivity index (χ0n) is 27.7. The van der Waals surface area contributed by atoms with E-state index in [0.29, 0.717) is 18.6 Å². The second-order valence-electron chi connectivity index (χ2n) is 13.4. The first kappa shape index (κ1) is 37.4. The molecule has 0 saturated carbocycles. The monoisotopic (exact) mass is 703 g/mol. The molecule has 12 nitrogen and oxygen atoms in total. The van der Waals surface area contributed by atoms with E-state index >= 15 is 0 Å². The highest BCUT2D eigenvalue weighted by molar-refractivity contribution is 5.92. The van der Waals surface area contributed by atoms with E-state index < -0.39 is 95.8 Å². The second-order valence-corrected chi connectivity index (χ2v) is 13.4. The summed E-state index contributed by atoms with van der Waals surface area (Å²) >= 11 is 0. The van der Waals surface area contributed by atoms with Gasteiger partial charge in [-0.3, -0.25) is 14.4 Å². The molecule has 1 aromatic heterocycles. The smallest absolute Gasteiger partial charge is 0.444 e. The van der Waals surface area contributed by atoms with Crippen LogP contribution < -0.4 is 10.6 Å². The molecule has 2 N–H and O–H groups in total. The number of likely N-dealkylation sites (tertiary alicyclic amines) is 1. The molecule has 2 aliphatic heterocycles. The molecule has 2 aromatic rings. The normalized spacial score (nSPS) is 17.8. The fourth-order valence-corrected chi connectivity index (χ4v) is 5.81. The van der Waals surface area contributed by atoms with Crippen LogP contribution in [0.1, 0.15) is 71.1 Å². The lowest BCUT2D eigenvalue weighted by atomic mass is 10.00. The molecule has 3 unspecified atom stereocenters. The third-order valence-electron chi connectivity index (χ3n) is 8.13. The predicted octanol–water partition coefficient (Wildman–Crippen LogP) is 3.71. The molecule has 49 heavy (non-hydrogen) atoms. The summed E-state index contributed by atoms with van der Waals surface area (Å²) in [6.45, 7) is 7.83. The van der Waals surface area contributed by atoms with Crippen LogP contribution in [0.2, 0.25) is 0 Å². The first-order valence-corrected chi connectivity index (χ1v) is 15.8. The quantitative estimate of drug-likeness (QED) is 0.300. The van der Waals surface area contributed by atoms with Gasteiger partial charge in [-0.05, 0) is 57.6 Å². The van der Waals surface area contributed by atoms with Crippen molar-refractivity contribution in [3.8, 4) is 0 Å². The Bertz CT molecular complexity index is 1570. The standard InChI is InChI=1S/C31H39F6N7O5/c1-16(2)25(39-29(48)49-30(3,4)5)27(47)43-8-6-7-22(43)26(46)38-18(11-17-12-20(33)21(34)14-19(17)32)13-24(45)42-9-10-44-23(15-42)40-41-28(44)31(35,36)37/h12,14,16,18,22,25H,6-11,13,15H2,1-5H3,(H,38,46)(H,39,48). The summed E-state index contributed by atoms with van der Waals surface area (Å²) in [7, 11) is 0. The molecule has 3 atom stereocenters. The largest absolute Gasteiger partial charge is 0.451 e. The van der Waals surface area contributed by atoms with E-state index in [2.05, 4.69) is 20.8 Å². The van der Waals surface area contributed by atoms with Crippen molar-refractivity contribution >= 4 is 23.8 Å². The average molecular weight is 704 g/mol. The number of fused-ring (bicyclic) bond motifs is 1. The van der Waals surface area contributed by atoms with Crippen LogP contribution in [-0.4, -0.2) is 85.2 Å². The van der Waals surface area contributed by atoms with Crippen LogP contribution in [0.15, 0.2) is 12.1 Å². The highest BCUT2D eigenvalue weighted by Crippen LogP contribution is 2.30. The van der Waals surface area contributed by atoms with Crippen LogP contribution in [0.3, 0.4) is 0 Å². The van der Waals surface area contributed by atoms with Crippen LogP contribution in [-0.2, 0) is 44.8 Å². The summed E-state index contributed by atoms with van der Waals surface area (Å²) in [6.07, 6.45) is -5.89. The van der Waals surface area contributed by atoms with Gasteiger partial charge in [0.15, 0.2) is 17.5 Å². The zero-order valence-corrected chi connectivity index (χ0v) is 27.7. The topological polar surface area (TPSA) is 139 Å².